The number of rotatable bonds is 3. The average Bonchev–Trinajstić information content (AvgIpc) is 2.27. The third-order valence-corrected chi connectivity index (χ3v) is 5.06. The van der Waals surface area contributed by atoms with Crippen LogP contribution in [0.4, 0.5) is 0 Å². The van der Waals surface area contributed by atoms with Crippen molar-refractivity contribution in [1.82, 2.24) is 4.90 Å². The van der Waals surface area contributed by atoms with Gasteiger partial charge in [-0.1, -0.05) is 43.6 Å². The Morgan fingerprint density at radius 3 is 2.06 bits per heavy atom. The number of carbonyl (C=O) groups excluding carboxylic acids is 1. The number of alkyl halides is 1. The summed E-state index contributed by atoms with van der Waals surface area (Å²) in [6.07, 6.45) is 2.34. The predicted octanol–water partition coefficient (Wildman–Crippen LogP) is 3.30. The van der Waals surface area contributed by atoms with E-state index in [-0.39, 0.29) is 10.7 Å². The van der Waals surface area contributed by atoms with Crippen molar-refractivity contribution in [2.75, 3.05) is 13.1 Å². The highest BCUT2D eigenvalue weighted by atomic mass is 79.9. The Kier molecular flexibility index (Phi) is 5.29. The molecule has 2 nitrogen and oxygen atoms in total. The van der Waals surface area contributed by atoms with E-state index in [2.05, 4.69) is 43.6 Å². The number of carbonyl (C=O) groups is 1. The molecular formula is C13H24BrNO. The summed E-state index contributed by atoms with van der Waals surface area (Å²) in [5.74, 6) is 2.20. The second-order valence-electron chi connectivity index (χ2n) is 5.55. The summed E-state index contributed by atoms with van der Waals surface area (Å²) in [5, 5.41) is 0. The lowest BCUT2D eigenvalue weighted by Crippen LogP contribution is -2.44. The topological polar surface area (TPSA) is 20.3 Å². The molecule has 3 heteroatoms. The number of halogens is 1. The van der Waals surface area contributed by atoms with Crippen LogP contribution in [0.5, 0.6) is 0 Å². The first-order chi connectivity index (χ1) is 7.43. The molecule has 1 aliphatic rings. The summed E-state index contributed by atoms with van der Waals surface area (Å²) in [6.45, 7) is 10.6. The number of hydrogen-bond acceptors (Lipinski definition) is 1. The van der Waals surface area contributed by atoms with E-state index in [1.54, 1.807) is 0 Å². The van der Waals surface area contributed by atoms with Crippen LogP contribution >= 0.6 is 15.9 Å². The van der Waals surface area contributed by atoms with E-state index < -0.39 is 0 Å². The van der Waals surface area contributed by atoms with Gasteiger partial charge < -0.3 is 4.90 Å². The highest BCUT2D eigenvalue weighted by molar-refractivity contribution is 9.10. The van der Waals surface area contributed by atoms with E-state index in [9.17, 15) is 4.79 Å². The van der Waals surface area contributed by atoms with Crippen molar-refractivity contribution >= 4 is 21.8 Å². The number of amides is 1. The van der Waals surface area contributed by atoms with Crippen molar-refractivity contribution < 1.29 is 4.79 Å². The van der Waals surface area contributed by atoms with E-state index >= 15 is 0 Å². The monoisotopic (exact) mass is 289 g/mol. The van der Waals surface area contributed by atoms with E-state index in [4.69, 9.17) is 0 Å². The van der Waals surface area contributed by atoms with Gasteiger partial charge in [0, 0.05) is 13.1 Å². The van der Waals surface area contributed by atoms with Gasteiger partial charge in [-0.3, -0.25) is 4.79 Å². The van der Waals surface area contributed by atoms with E-state index in [0.717, 1.165) is 24.9 Å². The van der Waals surface area contributed by atoms with Gasteiger partial charge in [0.2, 0.25) is 5.91 Å². The zero-order valence-electron chi connectivity index (χ0n) is 10.9. The van der Waals surface area contributed by atoms with Crippen LogP contribution in [0.25, 0.3) is 0 Å². The Balaban J connectivity index is 2.45. The summed E-state index contributed by atoms with van der Waals surface area (Å²) in [5.41, 5.74) is 0. The van der Waals surface area contributed by atoms with E-state index in [1.165, 1.54) is 12.8 Å². The highest BCUT2D eigenvalue weighted by Crippen LogP contribution is 2.26. The van der Waals surface area contributed by atoms with Gasteiger partial charge in [-0.15, -0.1) is 0 Å². The molecule has 1 amide bonds. The van der Waals surface area contributed by atoms with Gasteiger partial charge in [-0.05, 0) is 30.6 Å². The average molecular weight is 290 g/mol. The predicted molar refractivity (Wildman–Crippen MR) is 71.7 cm³/mol. The largest absolute Gasteiger partial charge is 0.342 e. The number of likely N-dealkylation sites (tertiary alicyclic amines) is 1. The third-order valence-electron chi connectivity index (χ3n) is 3.62. The molecule has 1 atom stereocenters. The molecule has 1 rings (SSSR count). The summed E-state index contributed by atoms with van der Waals surface area (Å²) < 4.78 is 0. The molecule has 94 valence electrons. The van der Waals surface area contributed by atoms with Crippen LogP contribution in [-0.4, -0.2) is 28.7 Å². The van der Waals surface area contributed by atoms with Crippen molar-refractivity contribution in [2.45, 2.75) is 45.4 Å². The number of piperidine rings is 1. The fraction of sp³-hybridized carbons (Fsp3) is 0.923. The Labute approximate surface area is 108 Å². The second kappa shape index (κ2) is 6.04. The molecule has 1 aliphatic heterocycles. The molecule has 0 saturated carbocycles. The molecule has 1 saturated heterocycles. The molecule has 0 bridgehead atoms. The van der Waals surface area contributed by atoms with Crippen molar-refractivity contribution in [3.05, 3.63) is 0 Å². The van der Waals surface area contributed by atoms with Crippen LogP contribution in [0.15, 0.2) is 0 Å². The first kappa shape index (κ1) is 14.0. The fourth-order valence-corrected chi connectivity index (χ4v) is 2.54. The van der Waals surface area contributed by atoms with Gasteiger partial charge in [0.25, 0.3) is 0 Å². The van der Waals surface area contributed by atoms with E-state index in [0.29, 0.717) is 5.92 Å². The van der Waals surface area contributed by atoms with Crippen molar-refractivity contribution in [3.8, 4) is 0 Å². The molecule has 0 aromatic heterocycles. The quantitative estimate of drug-likeness (QED) is 0.730. The Morgan fingerprint density at radius 1 is 1.19 bits per heavy atom. The lowest BCUT2D eigenvalue weighted by molar-refractivity contribution is -0.132. The number of hydrogen-bond donors (Lipinski definition) is 0. The smallest absolute Gasteiger partial charge is 0.236 e. The van der Waals surface area contributed by atoms with Crippen LogP contribution in [0.2, 0.25) is 0 Å². The molecule has 0 aliphatic carbocycles. The summed E-state index contributed by atoms with van der Waals surface area (Å²) in [6, 6.07) is 0. The maximum absolute atomic E-state index is 12.1. The van der Waals surface area contributed by atoms with E-state index in [1.807, 2.05) is 4.90 Å². The Morgan fingerprint density at radius 2 is 1.69 bits per heavy atom. The molecule has 0 aromatic rings. The van der Waals surface area contributed by atoms with Crippen molar-refractivity contribution in [1.29, 1.82) is 0 Å². The minimum atomic E-state index is -0.0110. The minimum Gasteiger partial charge on any atom is -0.342 e. The normalized spacial score (nSPS) is 20.6. The summed E-state index contributed by atoms with van der Waals surface area (Å²) >= 11 is 3.50. The van der Waals surface area contributed by atoms with Crippen molar-refractivity contribution in [3.63, 3.8) is 0 Å². The Hall–Kier alpha value is -0.0500. The zero-order valence-corrected chi connectivity index (χ0v) is 12.5. The van der Waals surface area contributed by atoms with Crippen LogP contribution in [0.1, 0.15) is 40.5 Å². The molecule has 0 N–H and O–H groups in total. The van der Waals surface area contributed by atoms with Crippen molar-refractivity contribution in [2.24, 2.45) is 17.8 Å². The SMILES string of the molecule is CC(C)C1CCN(C(=O)C(Br)C(C)C)CC1. The summed E-state index contributed by atoms with van der Waals surface area (Å²) in [7, 11) is 0. The highest BCUT2D eigenvalue weighted by Gasteiger charge is 2.29. The standard InChI is InChI=1S/C13H24BrNO/c1-9(2)11-5-7-15(8-6-11)13(16)12(14)10(3)4/h9-12H,5-8H2,1-4H3. The third kappa shape index (κ3) is 3.47. The second-order valence-corrected chi connectivity index (χ2v) is 6.54. The van der Waals surface area contributed by atoms with Crippen LogP contribution in [0.3, 0.4) is 0 Å². The lowest BCUT2D eigenvalue weighted by atomic mass is 9.86. The van der Waals surface area contributed by atoms with Gasteiger partial charge >= 0.3 is 0 Å². The minimum absolute atomic E-state index is 0.0110. The maximum Gasteiger partial charge on any atom is 0.236 e. The van der Waals surface area contributed by atoms with Gasteiger partial charge in [0.05, 0.1) is 4.83 Å². The molecule has 16 heavy (non-hydrogen) atoms. The van der Waals surface area contributed by atoms with Crippen LogP contribution in [-0.2, 0) is 4.79 Å². The Bertz CT molecular complexity index is 232. The lowest BCUT2D eigenvalue weighted by Gasteiger charge is -2.35. The maximum atomic E-state index is 12.1. The molecule has 0 aromatic carbocycles. The molecule has 0 spiro atoms. The number of nitrogens with zero attached hydrogens (tertiary/aromatic N) is 1. The first-order valence-electron chi connectivity index (χ1n) is 6.36. The van der Waals surface area contributed by atoms with Gasteiger partial charge in [-0.25, -0.2) is 0 Å². The fourth-order valence-electron chi connectivity index (χ4n) is 2.25. The van der Waals surface area contributed by atoms with Gasteiger partial charge in [0.1, 0.15) is 0 Å². The van der Waals surface area contributed by atoms with Crippen LogP contribution < -0.4 is 0 Å². The van der Waals surface area contributed by atoms with Crippen LogP contribution in [0, 0.1) is 17.8 Å². The molecule has 1 fully saturated rings. The first-order valence-corrected chi connectivity index (χ1v) is 7.28. The molecule has 1 unspecified atom stereocenters. The van der Waals surface area contributed by atoms with Gasteiger partial charge in [0.15, 0.2) is 0 Å². The molecular weight excluding hydrogens is 266 g/mol. The van der Waals surface area contributed by atoms with Gasteiger partial charge in [-0.2, -0.15) is 0 Å². The molecule has 1 heterocycles. The molecule has 0 radical (unpaired) electrons. The zero-order chi connectivity index (χ0) is 12.3. The summed E-state index contributed by atoms with van der Waals surface area (Å²) in [4.78, 5) is 14.1.